The molecule has 1 atom stereocenters. The maximum Gasteiger partial charge on any atom is 0.228 e. The van der Waals surface area contributed by atoms with Gasteiger partial charge in [0.15, 0.2) is 0 Å². The number of piperidine rings is 1. The first-order chi connectivity index (χ1) is 12.8. The Morgan fingerprint density at radius 1 is 1.23 bits per heavy atom. The van der Waals surface area contributed by atoms with Crippen LogP contribution in [0.2, 0.25) is 0 Å². The molecule has 1 unspecified atom stereocenters. The van der Waals surface area contributed by atoms with Crippen LogP contribution in [0.4, 0.5) is 11.5 Å². The lowest BCUT2D eigenvalue weighted by molar-refractivity contribution is -0.116. The summed E-state index contributed by atoms with van der Waals surface area (Å²) in [7, 11) is 0. The lowest BCUT2D eigenvalue weighted by Gasteiger charge is -2.37. The van der Waals surface area contributed by atoms with Gasteiger partial charge in [-0.3, -0.25) is 4.79 Å². The number of pyridine rings is 1. The molecule has 2 aromatic rings. The van der Waals surface area contributed by atoms with E-state index in [9.17, 15) is 4.79 Å². The highest BCUT2D eigenvalue weighted by Crippen LogP contribution is 2.26. The summed E-state index contributed by atoms with van der Waals surface area (Å²) in [6.45, 7) is 3.67. The van der Waals surface area contributed by atoms with E-state index in [0.717, 1.165) is 24.4 Å². The van der Waals surface area contributed by atoms with E-state index in [1.54, 1.807) is 0 Å². The minimum Gasteiger partial charge on any atom is -0.493 e. The van der Waals surface area contributed by atoms with Crippen molar-refractivity contribution < 1.29 is 9.53 Å². The zero-order chi connectivity index (χ0) is 18.2. The Balaban J connectivity index is 1.48. The third-order valence-corrected chi connectivity index (χ3v) is 4.79. The summed E-state index contributed by atoms with van der Waals surface area (Å²) < 4.78 is 5.55. The van der Waals surface area contributed by atoms with Crippen molar-refractivity contribution in [3.8, 4) is 5.75 Å². The molecule has 0 saturated carbocycles. The van der Waals surface area contributed by atoms with Gasteiger partial charge < -0.3 is 15.0 Å². The van der Waals surface area contributed by atoms with Gasteiger partial charge in [0.05, 0.1) is 24.9 Å². The van der Waals surface area contributed by atoms with Gasteiger partial charge in [0.25, 0.3) is 0 Å². The van der Waals surface area contributed by atoms with Gasteiger partial charge in [-0.1, -0.05) is 25.1 Å². The van der Waals surface area contributed by atoms with E-state index < -0.39 is 0 Å². The molecular formula is C21H27N3O2. The van der Waals surface area contributed by atoms with Crippen molar-refractivity contribution in [1.82, 2.24) is 4.98 Å². The number of carbonyl (C=O) groups excluding carboxylic acids is 1. The van der Waals surface area contributed by atoms with Crippen molar-refractivity contribution >= 4 is 17.4 Å². The van der Waals surface area contributed by atoms with Crippen LogP contribution < -0.4 is 15.0 Å². The summed E-state index contributed by atoms with van der Waals surface area (Å²) in [6, 6.07) is 14.0. The summed E-state index contributed by atoms with van der Waals surface area (Å²) in [5.41, 5.74) is 1.14. The van der Waals surface area contributed by atoms with Gasteiger partial charge in [0.2, 0.25) is 5.91 Å². The minimum absolute atomic E-state index is 0.0920. The van der Waals surface area contributed by atoms with Crippen LogP contribution in [0.25, 0.3) is 0 Å². The summed E-state index contributed by atoms with van der Waals surface area (Å²) in [4.78, 5) is 18.9. The molecule has 1 aromatic carbocycles. The summed E-state index contributed by atoms with van der Waals surface area (Å²) in [5, 5.41) is 2.83. The normalized spacial score (nSPS) is 17.0. The van der Waals surface area contributed by atoms with Crippen LogP contribution in [0, 0.1) is 0 Å². The van der Waals surface area contributed by atoms with E-state index in [4.69, 9.17) is 4.74 Å². The predicted molar refractivity (Wildman–Crippen MR) is 105 cm³/mol. The fourth-order valence-corrected chi connectivity index (χ4v) is 3.38. The van der Waals surface area contributed by atoms with Crippen molar-refractivity contribution in [2.24, 2.45) is 0 Å². The van der Waals surface area contributed by atoms with Crippen molar-refractivity contribution in [2.45, 2.75) is 45.1 Å². The molecule has 1 aliphatic rings. The molecular weight excluding hydrogens is 326 g/mol. The lowest BCUT2D eigenvalue weighted by Crippen LogP contribution is -2.39. The fourth-order valence-electron chi connectivity index (χ4n) is 3.38. The Labute approximate surface area is 155 Å². The molecule has 0 aliphatic carbocycles. The van der Waals surface area contributed by atoms with Gasteiger partial charge in [0.1, 0.15) is 11.6 Å². The topological polar surface area (TPSA) is 54.5 Å². The number of nitrogens with one attached hydrogen (secondary N) is 1. The second kappa shape index (κ2) is 9.22. The molecule has 0 bridgehead atoms. The molecule has 0 radical (unpaired) electrons. The van der Waals surface area contributed by atoms with Crippen LogP contribution in [0.1, 0.15) is 39.0 Å². The van der Waals surface area contributed by atoms with E-state index in [2.05, 4.69) is 28.2 Å². The molecule has 1 fully saturated rings. The first kappa shape index (κ1) is 18.2. The van der Waals surface area contributed by atoms with Gasteiger partial charge in [-0.2, -0.15) is 0 Å². The number of ether oxygens (including phenoxy) is 1. The zero-order valence-electron chi connectivity index (χ0n) is 15.4. The van der Waals surface area contributed by atoms with Crippen LogP contribution in [-0.4, -0.2) is 30.1 Å². The average Bonchev–Trinajstić information content (AvgIpc) is 2.69. The molecule has 1 N–H and O–H groups in total. The number of anilines is 2. The number of hydrogen-bond acceptors (Lipinski definition) is 4. The van der Waals surface area contributed by atoms with Crippen molar-refractivity contribution in [3.63, 3.8) is 0 Å². The van der Waals surface area contributed by atoms with Gasteiger partial charge in [-0.25, -0.2) is 4.98 Å². The van der Waals surface area contributed by atoms with Gasteiger partial charge in [-0.05, 0) is 49.9 Å². The largest absolute Gasteiger partial charge is 0.493 e. The first-order valence-corrected chi connectivity index (χ1v) is 9.46. The molecule has 2 heterocycles. The standard InChI is InChI=1S/C21H27N3O2/c1-2-17-8-6-7-14-24(17)18-11-12-20(22-16-18)23-21(25)13-15-26-19-9-4-3-5-10-19/h3-5,9-12,16-17H,2,6-8,13-15H2,1H3,(H,22,23,25). The fraction of sp³-hybridized carbons (Fsp3) is 0.429. The Hall–Kier alpha value is -2.56. The smallest absolute Gasteiger partial charge is 0.228 e. The second-order valence-electron chi connectivity index (χ2n) is 6.61. The first-order valence-electron chi connectivity index (χ1n) is 9.46. The summed E-state index contributed by atoms with van der Waals surface area (Å²) in [5.74, 6) is 1.27. The molecule has 1 amide bonds. The third kappa shape index (κ3) is 4.97. The van der Waals surface area contributed by atoms with Crippen LogP contribution >= 0.6 is 0 Å². The maximum atomic E-state index is 12.0. The van der Waals surface area contributed by atoms with Crippen LogP contribution in [0.5, 0.6) is 5.75 Å². The van der Waals surface area contributed by atoms with E-state index in [0.29, 0.717) is 24.9 Å². The van der Waals surface area contributed by atoms with Crippen LogP contribution in [0.3, 0.4) is 0 Å². The van der Waals surface area contributed by atoms with Gasteiger partial charge in [-0.15, -0.1) is 0 Å². The molecule has 0 spiro atoms. The summed E-state index contributed by atoms with van der Waals surface area (Å²) in [6.07, 6.45) is 7.10. The lowest BCUT2D eigenvalue weighted by atomic mass is 9.99. The van der Waals surface area contributed by atoms with Crippen molar-refractivity contribution in [1.29, 1.82) is 0 Å². The van der Waals surface area contributed by atoms with E-state index in [-0.39, 0.29) is 5.91 Å². The Morgan fingerprint density at radius 2 is 2.08 bits per heavy atom. The van der Waals surface area contributed by atoms with Crippen molar-refractivity contribution in [2.75, 3.05) is 23.4 Å². The van der Waals surface area contributed by atoms with Crippen molar-refractivity contribution in [3.05, 3.63) is 48.7 Å². The SMILES string of the molecule is CCC1CCCCN1c1ccc(NC(=O)CCOc2ccccc2)nc1. The minimum atomic E-state index is -0.0920. The summed E-state index contributed by atoms with van der Waals surface area (Å²) >= 11 is 0. The molecule has 138 valence electrons. The molecule has 1 aromatic heterocycles. The zero-order valence-corrected chi connectivity index (χ0v) is 15.4. The third-order valence-electron chi connectivity index (χ3n) is 4.79. The highest BCUT2D eigenvalue weighted by atomic mass is 16.5. The monoisotopic (exact) mass is 353 g/mol. The Bertz CT molecular complexity index is 688. The van der Waals surface area contributed by atoms with E-state index in [1.807, 2.05) is 42.6 Å². The Morgan fingerprint density at radius 3 is 2.81 bits per heavy atom. The average molecular weight is 353 g/mol. The van der Waals surface area contributed by atoms with Crippen LogP contribution in [0.15, 0.2) is 48.7 Å². The van der Waals surface area contributed by atoms with Crippen LogP contribution in [-0.2, 0) is 4.79 Å². The molecule has 3 rings (SSSR count). The maximum absolute atomic E-state index is 12.0. The van der Waals surface area contributed by atoms with E-state index in [1.165, 1.54) is 19.3 Å². The molecule has 26 heavy (non-hydrogen) atoms. The predicted octanol–water partition coefficient (Wildman–Crippen LogP) is 4.26. The highest BCUT2D eigenvalue weighted by Gasteiger charge is 2.21. The molecule has 1 aliphatic heterocycles. The molecule has 5 heteroatoms. The highest BCUT2D eigenvalue weighted by molar-refractivity contribution is 5.89. The van der Waals surface area contributed by atoms with Gasteiger partial charge >= 0.3 is 0 Å². The number of amides is 1. The number of nitrogens with zero attached hydrogens (tertiary/aromatic N) is 2. The number of aromatic nitrogens is 1. The number of para-hydroxylation sites is 1. The number of hydrogen-bond donors (Lipinski definition) is 1. The second-order valence-corrected chi connectivity index (χ2v) is 6.61. The number of rotatable bonds is 7. The van der Waals surface area contributed by atoms with E-state index >= 15 is 0 Å². The quantitative estimate of drug-likeness (QED) is 0.808. The number of benzene rings is 1. The Kier molecular flexibility index (Phi) is 6.47. The molecule has 1 saturated heterocycles. The number of carbonyl (C=O) groups is 1. The molecule has 5 nitrogen and oxygen atoms in total. The van der Waals surface area contributed by atoms with Gasteiger partial charge in [0, 0.05) is 12.6 Å².